The maximum absolute atomic E-state index is 9.43. The van der Waals surface area contributed by atoms with Gasteiger partial charge in [0.05, 0.1) is 0 Å². The minimum Gasteiger partial charge on any atom is -0.508 e. The monoisotopic (exact) mass is 175 g/mol. The molecular weight excluding hydrogens is 162 g/mol. The van der Waals surface area contributed by atoms with Crippen molar-refractivity contribution in [3.8, 4) is 5.75 Å². The summed E-state index contributed by atoms with van der Waals surface area (Å²) in [6.45, 7) is 2.04. The predicted octanol–water partition coefficient (Wildman–Crippen LogP) is 1.53. The van der Waals surface area contributed by atoms with Gasteiger partial charge < -0.3 is 10.4 Å². The molecule has 1 saturated carbocycles. The molecule has 2 nitrogen and oxygen atoms in total. The van der Waals surface area contributed by atoms with E-state index in [0.717, 1.165) is 13.1 Å². The molecule has 68 valence electrons. The lowest BCUT2D eigenvalue weighted by Gasteiger charge is -2.26. The van der Waals surface area contributed by atoms with Crippen molar-refractivity contribution in [1.29, 1.82) is 0 Å². The molecular formula is C11H13NO. The second-order valence-electron chi connectivity index (χ2n) is 4.23. The first-order valence-corrected chi connectivity index (χ1v) is 4.83. The van der Waals surface area contributed by atoms with Gasteiger partial charge in [-0.1, -0.05) is 6.07 Å². The number of hydrogen-bond acceptors (Lipinski definition) is 2. The topological polar surface area (TPSA) is 32.3 Å². The Labute approximate surface area is 77.6 Å². The number of aromatic hydroxyl groups is 1. The second-order valence-corrected chi connectivity index (χ2v) is 4.23. The van der Waals surface area contributed by atoms with Crippen molar-refractivity contribution in [2.75, 3.05) is 6.54 Å². The molecule has 1 aromatic carbocycles. The van der Waals surface area contributed by atoms with Crippen molar-refractivity contribution in [3.05, 3.63) is 29.3 Å². The Morgan fingerprint density at radius 1 is 1.31 bits per heavy atom. The Bertz CT molecular complexity index is 355. The summed E-state index contributed by atoms with van der Waals surface area (Å²) in [6, 6.07) is 5.77. The van der Waals surface area contributed by atoms with Crippen LogP contribution in [-0.2, 0) is 12.0 Å². The van der Waals surface area contributed by atoms with E-state index in [-0.39, 0.29) is 0 Å². The number of nitrogens with one attached hydrogen (secondary N) is 1. The first-order valence-electron chi connectivity index (χ1n) is 4.83. The third-order valence-electron chi connectivity index (χ3n) is 3.30. The highest BCUT2D eigenvalue weighted by molar-refractivity contribution is 5.45. The van der Waals surface area contributed by atoms with Crippen molar-refractivity contribution in [2.45, 2.75) is 24.8 Å². The van der Waals surface area contributed by atoms with Crippen molar-refractivity contribution in [1.82, 2.24) is 5.32 Å². The lowest BCUT2D eigenvalue weighted by molar-refractivity contribution is 0.467. The predicted molar refractivity (Wildman–Crippen MR) is 50.7 cm³/mol. The van der Waals surface area contributed by atoms with Crippen LogP contribution in [0.4, 0.5) is 0 Å². The first kappa shape index (κ1) is 7.39. The average molecular weight is 175 g/mol. The zero-order valence-corrected chi connectivity index (χ0v) is 7.51. The van der Waals surface area contributed by atoms with Crippen molar-refractivity contribution >= 4 is 0 Å². The third-order valence-corrected chi connectivity index (χ3v) is 3.30. The van der Waals surface area contributed by atoms with E-state index in [4.69, 9.17) is 0 Å². The molecule has 1 fully saturated rings. The van der Waals surface area contributed by atoms with Gasteiger partial charge in [0.1, 0.15) is 5.75 Å². The third kappa shape index (κ3) is 0.985. The molecule has 1 aromatic rings. The largest absolute Gasteiger partial charge is 0.508 e. The Balaban J connectivity index is 2.16. The summed E-state index contributed by atoms with van der Waals surface area (Å²) in [5, 5.41) is 12.9. The minimum absolute atomic E-state index is 0.381. The molecule has 2 N–H and O–H groups in total. The summed E-state index contributed by atoms with van der Waals surface area (Å²) in [5.74, 6) is 0.409. The van der Waals surface area contributed by atoms with Gasteiger partial charge in [0.15, 0.2) is 0 Å². The van der Waals surface area contributed by atoms with Gasteiger partial charge in [-0.3, -0.25) is 0 Å². The molecule has 0 aromatic heterocycles. The van der Waals surface area contributed by atoms with E-state index in [1.165, 1.54) is 24.0 Å². The van der Waals surface area contributed by atoms with Gasteiger partial charge in [-0.15, -0.1) is 0 Å². The molecule has 1 heterocycles. The van der Waals surface area contributed by atoms with Crippen LogP contribution < -0.4 is 5.32 Å². The van der Waals surface area contributed by atoms with Gasteiger partial charge in [0.2, 0.25) is 0 Å². The Morgan fingerprint density at radius 3 is 2.92 bits per heavy atom. The molecule has 2 aliphatic rings. The van der Waals surface area contributed by atoms with E-state index in [1.807, 2.05) is 12.1 Å². The van der Waals surface area contributed by atoms with Crippen LogP contribution in [0.2, 0.25) is 0 Å². The second kappa shape index (κ2) is 2.26. The number of phenols is 1. The molecule has 13 heavy (non-hydrogen) atoms. The molecule has 1 spiro atoms. The highest BCUT2D eigenvalue weighted by Gasteiger charge is 2.46. The Kier molecular flexibility index (Phi) is 1.29. The van der Waals surface area contributed by atoms with E-state index in [2.05, 4.69) is 5.32 Å². The van der Waals surface area contributed by atoms with Crippen molar-refractivity contribution in [2.24, 2.45) is 0 Å². The minimum atomic E-state index is 0.381. The van der Waals surface area contributed by atoms with Crippen molar-refractivity contribution in [3.63, 3.8) is 0 Å². The van der Waals surface area contributed by atoms with E-state index in [0.29, 0.717) is 11.2 Å². The average Bonchev–Trinajstić information content (AvgIpc) is 2.88. The molecule has 1 aliphatic carbocycles. The SMILES string of the molecule is Oc1ccc2c(c1)C1(CC1)CNC2. The quantitative estimate of drug-likeness (QED) is 0.626. The van der Waals surface area contributed by atoms with Crippen LogP contribution in [0.1, 0.15) is 24.0 Å². The van der Waals surface area contributed by atoms with Crippen LogP contribution in [-0.4, -0.2) is 11.7 Å². The highest BCUT2D eigenvalue weighted by Crippen LogP contribution is 2.51. The van der Waals surface area contributed by atoms with Gasteiger partial charge >= 0.3 is 0 Å². The van der Waals surface area contributed by atoms with E-state index < -0.39 is 0 Å². The maximum atomic E-state index is 9.43. The van der Waals surface area contributed by atoms with Gasteiger partial charge in [0.25, 0.3) is 0 Å². The molecule has 0 unspecified atom stereocenters. The molecule has 0 atom stereocenters. The molecule has 0 amide bonds. The molecule has 1 aliphatic heterocycles. The lowest BCUT2D eigenvalue weighted by atomic mass is 9.88. The standard InChI is InChI=1S/C11H13NO/c13-9-2-1-8-6-12-7-11(3-4-11)10(8)5-9/h1-2,5,12-13H,3-4,6-7H2. The summed E-state index contributed by atoms with van der Waals surface area (Å²) in [6.07, 6.45) is 2.55. The zero-order chi connectivity index (χ0) is 8.89. The number of hydrogen-bond donors (Lipinski definition) is 2. The zero-order valence-electron chi connectivity index (χ0n) is 7.51. The summed E-state index contributed by atoms with van der Waals surface area (Å²) in [7, 11) is 0. The summed E-state index contributed by atoms with van der Waals surface area (Å²) in [4.78, 5) is 0. The number of phenolic OH excluding ortho intramolecular Hbond substituents is 1. The number of rotatable bonds is 0. The van der Waals surface area contributed by atoms with Gasteiger partial charge in [0, 0.05) is 18.5 Å². The van der Waals surface area contributed by atoms with Crippen LogP contribution in [0.25, 0.3) is 0 Å². The Morgan fingerprint density at radius 2 is 2.15 bits per heavy atom. The smallest absolute Gasteiger partial charge is 0.115 e. The van der Waals surface area contributed by atoms with Crippen LogP contribution in [0.5, 0.6) is 5.75 Å². The number of fused-ring (bicyclic) bond motifs is 2. The van der Waals surface area contributed by atoms with E-state index >= 15 is 0 Å². The van der Waals surface area contributed by atoms with Gasteiger partial charge in [-0.25, -0.2) is 0 Å². The highest BCUT2D eigenvalue weighted by atomic mass is 16.3. The number of benzene rings is 1. The van der Waals surface area contributed by atoms with Crippen molar-refractivity contribution < 1.29 is 5.11 Å². The first-order chi connectivity index (χ1) is 6.30. The maximum Gasteiger partial charge on any atom is 0.115 e. The molecule has 0 bridgehead atoms. The van der Waals surface area contributed by atoms with E-state index in [9.17, 15) is 5.11 Å². The molecule has 3 rings (SSSR count). The fourth-order valence-corrected chi connectivity index (χ4v) is 2.34. The fourth-order valence-electron chi connectivity index (χ4n) is 2.34. The summed E-state index contributed by atoms with van der Waals surface area (Å²) >= 11 is 0. The molecule has 0 saturated heterocycles. The van der Waals surface area contributed by atoms with Gasteiger partial charge in [-0.2, -0.15) is 0 Å². The van der Waals surface area contributed by atoms with Crippen LogP contribution in [0, 0.1) is 0 Å². The fraction of sp³-hybridized carbons (Fsp3) is 0.455. The summed E-state index contributed by atoms with van der Waals surface area (Å²) < 4.78 is 0. The Hall–Kier alpha value is -1.02. The van der Waals surface area contributed by atoms with Crippen LogP contribution >= 0.6 is 0 Å². The van der Waals surface area contributed by atoms with Gasteiger partial charge in [-0.05, 0) is 36.1 Å². The van der Waals surface area contributed by atoms with Crippen LogP contribution in [0.3, 0.4) is 0 Å². The van der Waals surface area contributed by atoms with E-state index in [1.54, 1.807) is 6.07 Å². The summed E-state index contributed by atoms with van der Waals surface area (Å²) in [5.41, 5.74) is 3.12. The normalized spacial score (nSPS) is 22.8. The lowest BCUT2D eigenvalue weighted by Crippen LogP contribution is -2.33. The molecule has 2 heteroatoms. The molecule has 0 radical (unpaired) electrons. The van der Waals surface area contributed by atoms with Crippen LogP contribution in [0.15, 0.2) is 18.2 Å².